The average molecular weight is 548 g/mol. The summed E-state index contributed by atoms with van der Waals surface area (Å²) in [5.74, 6) is 0.461. The number of alkyl halides is 3. The van der Waals surface area contributed by atoms with Gasteiger partial charge < -0.3 is 9.26 Å². The van der Waals surface area contributed by atoms with E-state index in [1.165, 1.54) is 4.90 Å². The summed E-state index contributed by atoms with van der Waals surface area (Å²) in [7, 11) is 0. The zero-order valence-electron chi connectivity index (χ0n) is 22.9. The van der Waals surface area contributed by atoms with Crippen molar-refractivity contribution in [2.24, 2.45) is 11.8 Å². The number of benzene rings is 1. The van der Waals surface area contributed by atoms with Gasteiger partial charge in [-0.15, -0.1) is 0 Å². The number of ether oxygens (including phenoxy) is 1. The number of aromatic nitrogens is 4. The third kappa shape index (κ3) is 7.06. The maximum absolute atomic E-state index is 14.0. The number of esters is 1. The van der Waals surface area contributed by atoms with E-state index >= 15 is 0 Å². The van der Waals surface area contributed by atoms with Crippen molar-refractivity contribution in [2.75, 3.05) is 19.7 Å². The third-order valence-corrected chi connectivity index (χ3v) is 7.03. The number of hydrogen-bond donors (Lipinski definition) is 0. The van der Waals surface area contributed by atoms with Crippen LogP contribution in [-0.2, 0) is 28.9 Å². The number of aryl methyl sites for hydroxylation is 1. The number of hydrogen-bond acceptors (Lipinski definition) is 7. The van der Waals surface area contributed by atoms with Gasteiger partial charge in [-0.25, -0.2) is 0 Å². The van der Waals surface area contributed by atoms with Crippen LogP contribution >= 0.6 is 0 Å². The van der Waals surface area contributed by atoms with Crippen molar-refractivity contribution in [1.29, 1.82) is 0 Å². The molecule has 0 saturated carbocycles. The maximum atomic E-state index is 14.0. The van der Waals surface area contributed by atoms with Crippen LogP contribution in [0.1, 0.15) is 51.8 Å². The summed E-state index contributed by atoms with van der Waals surface area (Å²) in [6.07, 6.45) is -2.97. The molecule has 0 bridgehead atoms. The van der Waals surface area contributed by atoms with Crippen molar-refractivity contribution < 1.29 is 27.2 Å². The predicted molar refractivity (Wildman–Crippen MR) is 140 cm³/mol. The molecule has 2 aromatic heterocycles. The molecular formula is C28H36F3N5O3. The minimum Gasteiger partial charge on any atom is -0.466 e. The van der Waals surface area contributed by atoms with Gasteiger partial charge in [-0.3, -0.25) is 14.4 Å². The fourth-order valence-electron chi connectivity index (χ4n) is 5.03. The van der Waals surface area contributed by atoms with Crippen LogP contribution in [0.4, 0.5) is 13.2 Å². The highest BCUT2D eigenvalue weighted by molar-refractivity contribution is 5.72. The van der Waals surface area contributed by atoms with E-state index in [-0.39, 0.29) is 38.0 Å². The van der Waals surface area contributed by atoms with Gasteiger partial charge >= 0.3 is 12.1 Å². The summed E-state index contributed by atoms with van der Waals surface area (Å²) < 4.78 is 54.5. The normalized spacial score (nSPS) is 16.1. The Labute approximate surface area is 226 Å². The van der Waals surface area contributed by atoms with Crippen LogP contribution in [-0.4, -0.2) is 62.7 Å². The Morgan fingerprint density at radius 2 is 1.82 bits per heavy atom. The lowest BCUT2D eigenvalue weighted by Gasteiger charge is -2.37. The molecule has 39 heavy (non-hydrogen) atoms. The molecule has 1 saturated heterocycles. The summed E-state index contributed by atoms with van der Waals surface area (Å²) in [4.78, 5) is 17.9. The van der Waals surface area contributed by atoms with Crippen molar-refractivity contribution in [2.45, 2.75) is 72.1 Å². The second-order valence-corrected chi connectivity index (χ2v) is 10.4. The summed E-state index contributed by atoms with van der Waals surface area (Å²) in [5.41, 5.74) is 2.89. The quantitative estimate of drug-likeness (QED) is 0.307. The first-order valence-corrected chi connectivity index (χ1v) is 13.6. The van der Waals surface area contributed by atoms with Crippen molar-refractivity contribution in [3.8, 4) is 23.0 Å². The minimum absolute atomic E-state index is 0.182. The van der Waals surface area contributed by atoms with Gasteiger partial charge in [-0.1, -0.05) is 43.3 Å². The summed E-state index contributed by atoms with van der Waals surface area (Å²) >= 11 is 0. The van der Waals surface area contributed by atoms with E-state index in [1.54, 1.807) is 31.2 Å². The van der Waals surface area contributed by atoms with E-state index in [0.717, 1.165) is 18.7 Å². The lowest BCUT2D eigenvalue weighted by Crippen LogP contribution is -2.51. The van der Waals surface area contributed by atoms with Crippen LogP contribution < -0.4 is 0 Å². The molecule has 1 atom stereocenters. The number of likely N-dealkylation sites (tertiary alicyclic amines) is 1. The molecule has 0 radical (unpaired) electrons. The van der Waals surface area contributed by atoms with Gasteiger partial charge in [0.15, 0.2) is 5.69 Å². The molecule has 1 fully saturated rings. The van der Waals surface area contributed by atoms with E-state index in [1.807, 2.05) is 17.7 Å². The molecule has 0 spiro atoms. The monoisotopic (exact) mass is 547 g/mol. The predicted octanol–water partition coefficient (Wildman–Crippen LogP) is 5.57. The highest BCUT2D eigenvalue weighted by Gasteiger charge is 2.44. The van der Waals surface area contributed by atoms with E-state index in [2.05, 4.69) is 29.1 Å². The Balaban J connectivity index is 1.44. The zero-order chi connectivity index (χ0) is 28.2. The molecule has 0 amide bonds. The first-order chi connectivity index (χ1) is 18.6. The van der Waals surface area contributed by atoms with Crippen LogP contribution in [0.2, 0.25) is 0 Å². The number of carbonyl (C=O) groups is 1. The number of piperidine rings is 1. The van der Waals surface area contributed by atoms with E-state index < -0.39 is 12.2 Å². The molecule has 1 aliphatic rings. The van der Waals surface area contributed by atoms with Gasteiger partial charge in [-0.2, -0.15) is 23.3 Å². The second-order valence-electron chi connectivity index (χ2n) is 10.4. The van der Waals surface area contributed by atoms with Crippen molar-refractivity contribution in [3.05, 3.63) is 41.6 Å². The molecule has 1 unspecified atom stereocenters. The van der Waals surface area contributed by atoms with Crippen molar-refractivity contribution in [1.82, 2.24) is 24.8 Å². The average Bonchev–Trinajstić information content (AvgIpc) is 3.54. The second kappa shape index (κ2) is 12.3. The number of rotatable bonds is 10. The van der Waals surface area contributed by atoms with Crippen LogP contribution in [0.15, 0.2) is 34.9 Å². The summed E-state index contributed by atoms with van der Waals surface area (Å²) in [5, 5.41) is 8.65. The Morgan fingerprint density at radius 3 is 2.41 bits per heavy atom. The van der Waals surface area contributed by atoms with Gasteiger partial charge in [0, 0.05) is 17.8 Å². The first-order valence-electron chi connectivity index (χ1n) is 13.6. The van der Waals surface area contributed by atoms with Gasteiger partial charge in [0.1, 0.15) is 6.04 Å². The van der Waals surface area contributed by atoms with Gasteiger partial charge in [-0.05, 0) is 70.2 Å². The lowest BCUT2D eigenvalue weighted by atomic mass is 9.94. The summed E-state index contributed by atoms with van der Waals surface area (Å²) in [6, 6.07) is 7.08. The third-order valence-electron chi connectivity index (χ3n) is 7.03. The van der Waals surface area contributed by atoms with Gasteiger partial charge in [0.2, 0.25) is 5.82 Å². The minimum atomic E-state index is -4.39. The molecule has 3 aromatic rings. The van der Waals surface area contributed by atoms with Crippen LogP contribution in [0.25, 0.3) is 23.0 Å². The highest BCUT2D eigenvalue weighted by Crippen LogP contribution is 2.32. The van der Waals surface area contributed by atoms with E-state index in [0.29, 0.717) is 47.3 Å². The molecule has 1 aliphatic heterocycles. The first kappa shape index (κ1) is 28.8. The maximum Gasteiger partial charge on any atom is 0.404 e. The SMILES string of the molecule is CCOC(=O)C1CCN(C(Cc2ccc(-c3noc(-c4cc(CC(C)C)n(CC)n4)n3)cc2)C(F)(F)F)CC1. The Hall–Kier alpha value is -3.21. The van der Waals surface area contributed by atoms with Crippen molar-refractivity contribution >= 4 is 5.97 Å². The molecule has 212 valence electrons. The Bertz CT molecular complexity index is 1230. The zero-order valence-corrected chi connectivity index (χ0v) is 22.9. The number of carbonyl (C=O) groups excluding carboxylic acids is 1. The molecule has 1 aromatic carbocycles. The Kier molecular flexibility index (Phi) is 9.09. The van der Waals surface area contributed by atoms with E-state index in [9.17, 15) is 18.0 Å². The highest BCUT2D eigenvalue weighted by atomic mass is 19.4. The molecule has 8 nitrogen and oxygen atoms in total. The molecule has 11 heteroatoms. The molecule has 3 heterocycles. The fourth-order valence-corrected chi connectivity index (χ4v) is 5.03. The van der Waals surface area contributed by atoms with Crippen LogP contribution in [0, 0.1) is 11.8 Å². The van der Waals surface area contributed by atoms with E-state index in [4.69, 9.17) is 9.26 Å². The number of nitrogens with zero attached hydrogens (tertiary/aromatic N) is 5. The standard InChI is InChI=1S/C28H36F3N5O3/c1-5-36-22(15-18(3)4)17-23(33-36)26-32-25(34-39-26)20-9-7-19(8-10-20)16-24(28(29,30)31)35-13-11-21(12-14-35)27(37)38-6-2/h7-10,17-18,21,24H,5-6,11-16H2,1-4H3. The Morgan fingerprint density at radius 1 is 1.13 bits per heavy atom. The van der Waals surface area contributed by atoms with Gasteiger partial charge in [0.25, 0.3) is 5.89 Å². The number of halogens is 3. The van der Waals surface area contributed by atoms with Gasteiger partial charge in [0.05, 0.1) is 12.5 Å². The largest absolute Gasteiger partial charge is 0.466 e. The molecular weight excluding hydrogens is 511 g/mol. The van der Waals surface area contributed by atoms with Crippen LogP contribution in [0.5, 0.6) is 0 Å². The summed E-state index contributed by atoms with van der Waals surface area (Å²) in [6.45, 7) is 9.43. The smallest absolute Gasteiger partial charge is 0.404 e. The fraction of sp³-hybridized carbons (Fsp3) is 0.571. The lowest BCUT2D eigenvalue weighted by molar-refractivity contribution is -0.187. The molecule has 4 rings (SSSR count). The molecule has 0 aliphatic carbocycles. The van der Waals surface area contributed by atoms with Crippen LogP contribution in [0.3, 0.4) is 0 Å². The molecule has 0 N–H and O–H groups in total. The topological polar surface area (TPSA) is 86.3 Å². The van der Waals surface area contributed by atoms with Crippen molar-refractivity contribution in [3.63, 3.8) is 0 Å².